The summed E-state index contributed by atoms with van der Waals surface area (Å²) in [5.41, 5.74) is 3.92. The lowest BCUT2D eigenvalue weighted by Gasteiger charge is -2.20. The van der Waals surface area contributed by atoms with Crippen LogP contribution in [0, 0.1) is 19.7 Å². The fraction of sp³-hybridized carbons (Fsp3) is 0.316. The number of rotatable bonds is 6. The van der Waals surface area contributed by atoms with E-state index in [1.165, 1.54) is 17.7 Å². The number of anilines is 1. The minimum atomic E-state index is -0.252. The highest BCUT2D eigenvalue weighted by atomic mass is 19.1. The van der Waals surface area contributed by atoms with Gasteiger partial charge in [-0.1, -0.05) is 36.8 Å². The van der Waals surface area contributed by atoms with Gasteiger partial charge in [0.15, 0.2) is 0 Å². The average molecular weight is 314 g/mol. The van der Waals surface area contributed by atoms with Crippen LogP contribution in [0.5, 0.6) is 0 Å². The minimum absolute atomic E-state index is 0.0600. The Balaban J connectivity index is 1.96. The monoisotopic (exact) mass is 314 g/mol. The van der Waals surface area contributed by atoms with E-state index in [0.29, 0.717) is 6.54 Å². The third-order valence-corrected chi connectivity index (χ3v) is 3.77. The molecule has 0 bridgehead atoms. The van der Waals surface area contributed by atoms with Crippen LogP contribution in [0.3, 0.4) is 0 Å². The maximum atomic E-state index is 13.3. The normalized spacial score (nSPS) is 10.8. The number of aryl methyl sites for hydroxylation is 2. The van der Waals surface area contributed by atoms with Crippen LogP contribution in [0.2, 0.25) is 0 Å². The first-order chi connectivity index (χ1) is 11.0. The van der Waals surface area contributed by atoms with E-state index >= 15 is 0 Å². The van der Waals surface area contributed by atoms with Crippen LogP contribution in [0.1, 0.15) is 23.6 Å². The van der Waals surface area contributed by atoms with Crippen LogP contribution in [0.15, 0.2) is 42.5 Å². The van der Waals surface area contributed by atoms with E-state index in [2.05, 4.69) is 5.32 Å². The van der Waals surface area contributed by atoms with Gasteiger partial charge in [0.1, 0.15) is 5.82 Å². The van der Waals surface area contributed by atoms with Crippen LogP contribution >= 0.6 is 0 Å². The summed E-state index contributed by atoms with van der Waals surface area (Å²) in [4.78, 5) is 14.2. The molecule has 0 aromatic heterocycles. The number of likely N-dealkylation sites (N-methyl/N-ethyl adjacent to an activating group) is 1. The zero-order chi connectivity index (χ0) is 16.8. The molecule has 0 heterocycles. The van der Waals surface area contributed by atoms with Crippen molar-refractivity contribution >= 4 is 11.6 Å². The third-order valence-electron chi connectivity index (χ3n) is 3.77. The Morgan fingerprint density at radius 1 is 1.17 bits per heavy atom. The number of nitrogens with one attached hydrogen (secondary N) is 1. The lowest BCUT2D eigenvalue weighted by atomic mass is 10.1. The Kier molecular flexibility index (Phi) is 5.88. The number of hydrogen-bond acceptors (Lipinski definition) is 2. The minimum Gasteiger partial charge on any atom is -0.325 e. The molecule has 0 aliphatic carbocycles. The third kappa shape index (κ3) is 5.18. The van der Waals surface area contributed by atoms with Gasteiger partial charge in [0, 0.05) is 12.2 Å². The highest BCUT2D eigenvalue weighted by Crippen LogP contribution is 2.16. The predicted molar refractivity (Wildman–Crippen MR) is 91.9 cm³/mol. The molecule has 0 aliphatic heterocycles. The van der Waals surface area contributed by atoms with Crippen LogP contribution in [-0.4, -0.2) is 23.9 Å². The fourth-order valence-corrected chi connectivity index (χ4v) is 2.52. The number of carbonyl (C=O) groups is 1. The Hall–Kier alpha value is -2.20. The van der Waals surface area contributed by atoms with Gasteiger partial charge in [-0.15, -0.1) is 0 Å². The highest BCUT2D eigenvalue weighted by molar-refractivity contribution is 5.93. The van der Waals surface area contributed by atoms with Crippen molar-refractivity contribution in [2.45, 2.75) is 27.3 Å². The quantitative estimate of drug-likeness (QED) is 0.877. The molecule has 0 radical (unpaired) electrons. The summed E-state index contributed by atoms with van der Waals surface area (Å²) in [7, 11) is 0. The Labute approximate surface area is 137 Å². The molecular formula is C19H23FN2O. The van der Waals surface area contributed by atoms with E-state index in [-0.39, 0.29) is 18.3 Å². The topological polar surface area (TPSA) is 32.3 Å². The first-order valence-corrected chi connectivity index (χ1v) is 7.82. The van der Waals surface area contributed by atoms with Crippen molar-refractivity contribution in [3.63, 3.8) is 0 Å². The van der Waals surface area contributed by atoms with Crippen molar-refractivity contribution in [3.8, 4) is 0 Å². The number of amides is 1. The van der Waals surface area contributed by atoms with Gasteiger partial charge in [-0.25, -0.2) is 4.39 Å². The van der Waals surface area contributed by atoms with Crippen molar-refractivity contribution in [3.05, 3.63) is 65.0 Å². The van der Waals surface area contributed by atoms with E-state index in [9.17, 15) is 9.18 Å². The smallest absolute Gasteiger partial charge is 0.238 e. The maximum Gasteiger partial charge on any atom is 0.238 e. The van der Waals surface area contributed by atoms with Crippen LogP contribution in [-0.2, 0) is 11.3 Å². The fourth-order valence-electron chi connectivity index (χ4n) is 2.52. The first kappa shape index (κ1) is 17.2. The molecule has 2 aromatic carbocycles. The summed E-state index contributed by atoms with van der Waals surface area (Å²) in [6, 6.07) is 12.4. The zero-order valence-electron chi connectivity index (χ0n) is 13.9. The van der Waals surface area contributed by atoms with Gasteiger partial charge in [-0.3, -0.25) is 9.69 Å². The highest BCUT2D eigenvalue weighted by Gasteiger charge is 2.11. The molecule has 2 aromatic rings. The van der Waals surface area contributed by atoms with Crippen molar-refractivity contribution in [1.82, 2.24) is 4.90 Å². The van der Waals surface area contributed by atoms with E-state index in [4.69, 9.17) is 0 Å². The van der Waals surface area contributed by atoms with E-state index < -0.39 is 0 Å². The standard InChI is InChI=1S/C19H23FN2O/c1-4-22(12-16-6-5-7-17(20)11-16)13-19(23)21-18-9-8-14(2)10-15(18)3/h5-11H,4,12-13H2,1-3H3,(H,21,23). The van der Waals surface area contributed by atoms with E-state index in [1.54, 1.807) is 6.07 Å². The van der Waals surface area contributed by atoms with Gasteiger partial charge >= 0.3 is 0 Å². The zero-order valence-corrected chi connectivity index (χ0v) is 13.9. The summed E-state index contributed by atoms with van der Waals surface area (Å²) < 4.78 is 13.3. The second-order valence-corrected chi connectivity index (χ2v) is 5.80. The maximum absolute atomic E-state index is 13.3. The molecule has 122 valence electrons. The van der Waals surface area contributed by atoms with Crippen molar-refractivity contribution < 1.29 is 9.18 Å². The van der Waals surface area contributed by atoms with Crippen LogP contribution in [0.25, 0.3) is 0 Å². The Morgan fingerprint density at radius 2 is 1.96 bits per heavy atom. The van der Waals surface area contributed by atoms with Crippen molar-refractivity contribution in [1.29, 1.82) is 0 Å². The van der Waals surface area contributed by atoms with Gasteiger partial charge < -0.3 is 5.32 Å². The Morgan fingerprint density at radius 3 is 2.61 bits per heavy atom. The summed E-state index contributed by atoms with van der Waals surface area (Å²) in [6.45, 7) is 7.54. The lowest BCUT2D eigenvalue weighted by Crippen LogP contribution is -2.32. The SMILES string of the molecule is CCN(CC(=O)Nc1ccc(C)cc1C)Cc1cccc(F)c1. The Bertz CT molecular complexity index is 685. The molecule has 0 spiro atoms. The summed E-state index contributed by atoms with van der Waals surface area (Å²) in [5.74, 6) is -0.312. The molecule has 23 heavy (non-hydrogen) atoms. The van der Waals surface area contributed by atoms with Crippen molar-refractivity contribution in [2.24, 2.45) is 0 Å². The van der Waals surface area contributed by atoms with Crippen LogP contribution < -0.4 is 5.32 Å². The molecule has 0 unspecified atom stereocenters. The molecule has 0 atom stereocenters. The summed E-state index contributed by atoms with van der Waals surface area (Å²) in [6.07, 6.45) is 0. The van der Waals surface area contributed by atoms with E-state index in [1.807, 2.05) is 49.9 Å². The number of hydrogen-bond donors (Lipinski definition) is 1. The molecule has 3 nitrogen and oxygen atoms in total. The van der Waals surface area contributed by atoms with Gasteiger partial charge in [-0.2, -0.15) is 0 Å². The molecule has 1 N–H and O–H groups in total. The molecule has 0 saturated heterocycles. The first-order valence-electron chi connectivity index (χ1n) is 7.82. The molecule has 4 heteroatoms. The van der Waals surface area contributed by atoms with Gasteiger partial charge in [-0.05, 0) is 49.7 Å². The van der Waals surface area contributed by atoms with Crippen LogP contribution in [0.4, 0.5) is 10.1 Å². The second kappa shape index (κ2) is 7.88. The molecule has 0 aliphatic rings. The summed E-state index contributed by atoms with van der Waals surface area (Å²) in [5, 5.41) is 2.94. The lowest BCUT2D eigenvalue weighted by molar-refractivity contribution is -0.117. The largest absolute Gasteiger partial charge is 0.325 e. The van der Waals surface area contributed by atoms with Crippen molar-refractivity contribution in [2.75, 3.05) is 18.4 Å². The van der Waals surface area contributed by atoms with Gasteiger partial charge in [0.2, 0.25) is 5.91 Å². The van der Waals surface area contributed by atoms with Gasteiger partial charge in [0.25, 0.3) is 0 Å². The summed E-state index contributed by atoms with van der Waals surface area (Å²) >= 11 is 0. The average Bonchev–Trinajstić information content (AvgIpc) is 2.49. The molecule has 0 saturated carbocycles. The second-order valence-electron chi connectivity index (χ2n) is 5.80. The molecular weight excluding hydrogens is 291 g/mol. The number of carbonyl (C=O) groups excluding carboxylic acids is 1. The predicted octanol–water partition coefficient (Wildman–Crippen LogP) is 3.90. The number of halogens is 1. The van der Waals surface area contributed by atoms with E-state index in [0.717, 1.165) is 23.4 Å². The van der Waals surface area contributed by atoms with Gasteiger partial charge in [0.05, 0.1) is 6.54 Å². The number of nitrogens with zero attached hydrogens (tertiary/aromatic N) is 1. The number of benzene rings is 2. The molecule has 1 amide bonds. The molecule has 0 fully saturated rings. The molecule has 2 rings (SSSR count).